The van der Waals surface area contributed by atoms with Crippen LogP contribution in [0.2, 0.25) is 0 Å². The van der Waals surface area contributed by atoms with Crippen molar-refractivity contribution >= 4 is 11.9 Å². The minimum atomic E-state index is -0.548. The molecule has 1 unspecified atom stereocenters. The summed E-state index contributed by atoms with van der Waals surface area (Å²) in [4.78, 5) is 24.9. The number of nitrogens with zero attached hydrogens (tertiary/aromatic N) is 1. The monoisotopic (exact) mass is 230 g/mol. The highest BCUT2D eigenvalue weighted by molar-refractivity contribution is 6.04. The van der Waals surface area contributed by atoms with Crippen molar-refractivity contribution in [3.63, 3.8) is 0 Å². The molecule has 1 fully saturated rings. The molecule has 1 N–H and O–H groups in total. The van der Waals surface area contributed by atoms with Gasteiger partial charge < -0.3 is 5.32 Å². The molecule has 1 saturated heterocycles. The number of benzene rings is 1. The summed E-state index contributed by atoms with van der Waals surface area (Å²) in [6.07, 6.45) is 2.30. The standard InChI is InChI=1S/C13H14N2O2/c1-2-3-9-15-12(16)11(14-13(15)17)10-7-5-4-6-8-10/h2,4-8,11H,1,3,9H2,(H,14,17). The summed E-state index contributed by atoms with van der Waals surface area (Å²) in [6.45, 7) is 3.97. The number of amides is 3. The van der Waals surface area contributed by atoms with Crippen LogP contribution in [0.15, 0.2) is 43.0 Å². The first-order chi connectivity index (χ1) is 8.24. The number of urea groups is 1. The van der Waals surface area contributed by atoms with Gasteiger partial charge in [0.2, 0.25) is 0 Å². The lowest BCUT2D eigenvalue weighted by Gasteiger charge is -2.11. The number of hydrogen-bond acceptors (Lipinski definition) is 2. The van der Waals surface area contributed by atoms with Crippen LogP contribution < -0.4 is 5.32 Å². The molecule has 1 heterocycles. The Kier molecular flexibility index (Phi) is 3.23. The van der Waals surface area contributed by atoms with Crippen LogP contribution in [-0.2, 0) is 4.79 Å². The Morgan fingerprint density at radius 2 is 2.00 bits per heavy atom. The van der Waals surface area contributed by atoms with Crippen molar-refractivity contribution in [2.45, 2.75) is 12.5 Å². The maximum atomic E-state index is 12.0. The van der Waals surface area contributed by atoms with Crippen molar-refractivity contribution in [2.75, 3.05) is 6.54 Å². The largest absolute Gasteiger partial charge is 0.325 e. The van der Waals surface area contributed by atoms with Gasteiger partial charge in [-0.05, 0) is 12.0 Å². The van der Waals surface area contributed by atoms with E-state index in [4.69, 9.17) is 0 Å². The molecule has 1 aromatic rings. The molecule has 0 aromatic heterocycles. The Labute approximate surface area is 99.9 Å². The maximum absolute atomic E-state index is 12.0. The van der Waals surface area contributed by atoms with Crippen molar-refractivity contribution in [1.29, 1.82) is 0 Å². The molecule has 4 nitrogen and oxygen atoms in total. The lowest BCUT2D eigenvalue weighted by molar-refractivity contribution is -0.127. The fourth-order valence-electron chi connectivity index (χ4n) is 1.82. The van der Waals surface area contributed by atoms with E-state index in [2.05, 4.69) is 11.9 Å². The summed E-state index contributed by atoms with van der Waals surface area (Å²) in [7, 11) is 0. The first-order valence-electron chi connectivity index (χ1n) is 5.51. The van der Waals surface area contributed by atoms with E-state index in [1.165, 1.54) is 4.90 Å². The van der Waals surface area contributed by atoms with E-state index in [0.717, 1.165) is 5.56 Å². The molecule has 0 spiro atoms. The molecule has 17 heavy (non-hydrogen) atoms. The summed E-state index contributed by atoms with van der Waals surface area (Å²) in [5.41, 5.74) is 0.812. The van der Waals surface area contributed by atoms with Crippen LogP contribution >= 0.6 is 0 Å². The summed E-state index contributed by atoms with van der Waals surface area (Å²) >= 11 is 0. The molecule has 4 heteroatoms. The van der Waals surface area contributed by atoms with Crippen LogP contribution in [0.3, 0.4) is 0 Å². The fraction of sp³-hybridized carbons (Fsp3) is 0.231. The van der Waals surface area contributed by atoms with Gasteiger partial charge in [0.1, 0.15) is 6.04 Å². The van der Waals surface area contributed by atoms with Crippen molar-refractivity contribution in [1.82, 2.24) is 10.2 Å². The van der Waals surface area contributed by atoms with Crippen molar-refractivity contribution in [3.8, 4) is 0 Å². The predicted octanol–water partition coefficient (Wildman–Crippen LogP) is 1.86. The molecule has 2 rings (SSSR count). The van der Waals surface area contributed by atoms with Gasteiger partial charge in [0.15, 0.2) is 0 Å². The zero-order valence-corrected chi connectivity index (χ0v) is 9.43. The normalized spacial score (nSPS) is 19.3. The fourth-order valence-corrected chi connectivity index (χ4v) is 1.82. The van der Waals surface area contributed by atoms with Gasteiger partial charge >= 0.3 is 6.03 Å². The number of carbonyl (C=O) groups is 2. The average Bonchev–Trinajstić information content (AvgIpc) is 2.64. The van der Waals surface area contributed by atoms with Gasteiger partial charge in [-0.25, -0.2) is 4.79 Å². The van der Waals surface area contributed by atoms with Crippen molar-refractivity contribution in [2.24, 2.45) is 0 Å². The van der Waals surface area contributed by atoms with Crippen LogP contribution in [0.1, 0.15) is 18.0 Å². The van der Waals surface area contributed by atoms with E-state index in [1.807, 2.05) is 30.3 Å². The number of rotatable bonds is 4. The minimum absolute atomic E-state index is 0.192. The minimum Gasteiger partial charge on any atom is -0.322 e. The molecular formula is C13H14N2O2. The van der Waals surface area contributed by atoms with Gasteiger partial charge in [-0.1, -0.05) is 36.4 Å². The Bertz CT molecular complexity index is 442. The Morgan fingerprint density at radius 3 is 2.65 bits per heavy atom. The lowest BCUT2D eigenvalue weighted by Crippen LogP contribution is -2.31. The van der Waals surface area contributed by atoms with Gasteiger partial charge in [0, 0.05) is 6.54 Å². The maximum Gasteiger partial charge on any atom is 0.325 e. The molecule has 0 saturated carbocycles. The van der Waals surface area contributed by atoms with Gasteiger partial charge in [0.25, 0.3) is 5.91 Å². The van der Waals surface area contributed by atoms with Crippen LogP contribution in [-0.4, -0.2) is 23.4 Å². The second-order valence-corrected chi connectivity index (χ2v) is 3.86. The molecule has 0 aliphatic carbocycles. The zero-order chi connectivity index (χ0) is 12.3. The number of hydrogen-bond donors (Lipinski definition) is 1. The molecule has 1 aliphatic heterocycles. The molecule has 88 valence electrons. The lowest BCUT2D eigenvalue weighted by atomic mass is 10.1. The van der Waals surface area contributed by atoms with E-state index in [0.29, 0.717) is 13.0 Å². The first kappa shape index (κ1) is 11.4. The second kappa shape index (κ2) is 4.82. The van der Waals surface area contributed by atoms with Crippen LogP contribution in [0.25, 0.3) is 0 Å². The molecule has 0 bridgehead atoms. The Morgan fingerprint density at radius 1 is 1.29 bits per heavy atom. The van der Waals surface area contributed by atoms with E-state index in [1.54, 1.807) is 6.08 Å². The van der Waals surface area contributed by atoms with E-state index < -0.39 is 6.04 Å². The number of carbonyl (C=O) groups excluding carboxylic acids is 2. The summed E-state index contributed by atoms with van der Waals surface area (Å²) in [5.74, 6) is -0.192. The van der Waals surface area contributed by atoms with Gasteiger partial charge in [-0.2, -0.15) is 0 Å². The van der Waals surface area contributed by atoms with Crippen LogP contribution in [0.5, 0.6) is 0 Å². The molecule has 1 aromatic carbocycles. The molecule has 1 aliphatic rings. The molecule has 0 radical (unpaired) electrons. The topological polar surface area (TPSA) is 49.4 Å². The third-order valence-corrected chi connectivity index (χ3v) is 2.72. The van der Waals surface area contributed by atoms with E-state index in [9.17, 15) is 9.59 Å². The van der Waals surface area contributed by atoms with Gasteiger partial charge in [0.05, 0.1) is 0 Å². The van der Waals surface area contributed by atoms with Crippen LogP contribution in [0, 0.1) is 0 Å². The van der Waals surface area contributed by atoms with Crippen LogP contribution in [0.4, 0.5) is 4.79 Å². The third-order valence-electron chi connectivity index (χ3n) is 2.72. The third kappa shape index (κ3) is 2.20. The summed E-state index contributed by atoms with van der Waals surface area (Å²) in [5, 5.41) is 2.68. The average molecular weight is 230 g/mol. The number of imide groups is 1. The van der Waals surface area contributed by atoms with Gasteiger partial charge in [-0.3, -0.25) is 9.69 Å². The van der Waals surface area contributed by atoms with Gasteiger partial charge in [-0.15, -0.1) is 6.58 Å². The highest BCUT2D eigenvalue weighted by Gasteiger charge is 2.38. The smallest absolute Gasteiger partial charge is 0.322 e. The molecular weight excluding hydrogens is 216 g/mol. The highest BCUT2D eigenvalue weighted by atomic mass is 16.2. The summed E-state index contributed by atoms with van der Waals surface area (Å²) in [6, 6.07) is 8.36. The zero-order valence-electron chi connectivity index (χ0n) is 9.43. The predicted molar refractivity (Wildman–Crippen MR) is 64.2 cm³/mol. The molecule has 1 atom stereocenters. The quantitative estimate of drug-likeness (QED) is 0.634. The van der Waals surface area contributed by atoms with Crippen molar-refractivity contribution in [3.05, 3.63) is 48.6 Å². The SMILES string of the molecule is C=CCCN1C(=O)NC(c2ccccc2)C1=O. The molecule has 3 amide bonds. The second-order valence-electron chi connectivity index (χ2n) is 3.86. The highest BCUT2D eigenvalue weighted by Crippen LogP contribution is 2.21. The summed E-state index contributed by atoms with van der Waals surface area (Å²) < 4.78 is 0. The van der Waals surface area contributed by atoms with Crippen molar-refractivity contribution < 1.29 is 9.59 Å². The Hall–Kier alpha value is -2.10. The Balaban J connectivity index is 2.16. The van der Waals surface area contributed by atoms with E-state index >= 15 is 0 Å². The van der Waals surface area contributed by atoms with E-state index in [-0.39, 0.29) is 11.9 Å². The first-order valence-corrected chi connectivity index (χ1v) is 5.51. The number of nitrogens with one attached hydrogen (secondary N) is 1.